The summed E-state index contributed by atoms with van der Waals surface area (Å²) in [6.45, 7) is 7.22. The summed E-state index contributed by atoms with van der Waals surface area (Å²) >= 11 is 0. The summed E-state index contributed by atoms with van der Waals surface area (Å²) in [4.78, 5) is 19.0. The van der Waals surface area contributed by atoms with Crippen LogP contribution < -0.4 is 4.90 Å². The predicted molar refractivity (Wildman–Crippen MR) is 82.5 cm³/mol. The van der Waals surface area contributed by atoms with E-state index in [-0.39, 0.29) is 6.10 Å². The van der Waals surface area contributed by atoms with Crippen LogP contribution in [0.2, 0.25) is 0 Å². The van der Waals surface area contributed by atoms with Gasteiger partial charge in [-0.05, 0) is 18.9 Å². The van der Waals surface area contributed by atoms with Gasteiger partial charge < -0.3 is 9.74 Å². The average molecular weight is 289 g/mol. The lowest BCUT2D eigenvalue weighted by Gasteiger charge is -2.23. The first kappa shape index (κ1) is 14.3. The van der Waals surface area contributed by atoms with Crippen molar-refractivity contribution < 1.29 is 4.84 Å². The van der Waals surface area contributed by atoms with Crippen LogP contribution in [0.25, 0.3) is 0 Å². The van der Waals surface area contributed by atoms with Gasteiger partial charge >= 0.3 is 0 Å². The molecule has 1 aromatic heterocycles. The van der Waals surface area contributed by atoms with Gasteiger partial charge in [-0.1, -0.05) is 12.1 Å². The highest BCUT2D eigenvalue weighted by atomic mass is 16.6. The standard InChI is InChI=1S/C15H23N5O/c1-2-13-11-14(21-18-13)12-19-7-4-8-20(10-9-19)15-16-5-3-6-17-15/h3,5-6,14H,2,4,7-12H2,1H3/t14-/m1/s1. The van der Waals surface area contributed by atoms with Gasteiger partial charge in [0.05, 0.1) is 5.71 Å². The molecule has 3 rings (SSSR count). The van der Waals surface area contributed by atoms with Crippen LogP contribution in [0, 0.1) is 0 Å². The summed E-state index contributed by atoms with van der Waals surface area (Å²) in [5.41, 5.74) is 1.19. The monoisotopic (exact) mass is 289 g/mol. The van der Waals surface area contributed by atoms with Gasteiger partial charge in [0.25, 0.3) is 0 Å². The third-order valence-electron chi connectivity index (χ3n) is 4.09. The lowest BCUT2D eigenvalue weighted by molar-refractivity contribution is 0.0544. The van der Waals surface area contributed by atoms with Gasteiger partial charge in [-0.25, -0.2) is 9.97 Å². The first-order chi connectivity index (χ1) is 10.3. The van der Waals surface area contributed by atoms with Crippen molar-refractivity contribution in [2.75, 3.05) is 37.6 Å². The number of oxime groups is 1. The molecule has 21 heavy (non-hydrogen) atoms. The van der Waals surface area contributed by atoms with E-state index in [2.05, 4.69) is 31.8 Å². The van der Waals surface area contributed by atoms with Crippen molar-refractivity contribution in [1.29, 1.82) is 0 Å². The third-order valence-corrected chi connectivity index (χ3v) is 4.09. The van der Waals surface area contributed by atoms with Crippen LogP contribution in [0.4, 0.5) is 5.95 Å². The van der Waals surface area contributed by atoms with E-state index in [4.69, 9.17) is 4.84 Å². The molecule has 6 nitrogen and oxygen atoms in total. The van der Waals surface area contributed by atoms with E-state index in [1.165, 1.54) is 5.71 Å². The first-order valence-electron chi connectivity index (χ1n) is 7.81. The van der Waals surface area contributed by atoms with Crippen molar-refractivity contribution in [1.82, 2.24) is 14.9 Å². The zero-order valence-electron chi connectivity index (χ0n) is 12.6. The molecule has 0 aromatic carbocycles. The van der Waals surface area contributed by atoms with Crippen LogP contribution in [0.5, 0.6) is 0 Å². The lowest BCUT2D eigenvalue weighted by Crippen LogP contribution is -2.36. The zero-order valence-corrected chi connectivity index (χ0v) is 12.6. The second-order valence-corrected chi connectivity index (χ2v) is 5.63. The van der Waals surface area contributed by atoms with E-state index >= 15 is 0 Å². The SMILES string of the molecule is CCC1=NO[C@@H](CN2CCCN(c3ncccn3)CC2)C1. The Labute approximate surface area is 125 Å². The van der Waals surface area contributed by atoms with E-state index in [0.29, 0.717) is 0 Å². The Morgan fingerprint density at radius 2 is 2.05 bits per heavy atom. The molecule has 1 atom stereocenters. The number of rotatable bonds is 4. The Morgan fingerprint density at radius 3 is 2.81 bits per heavy atom. The van der Waals surface area contributed by atoms with Gasteiger partial charge in [0.1, 0.15) is 6.10 Å². The summed E-state index contributed by atoms with van der Waals surface area (Å²) in [7, 11) is 0. The molecular weight excluding hydrogens is 266 g/mol. The molecule has 0 saturated carbocycles. The molecule has 0 amide bonds. The van der Waals surface area contributed by atoms with Gasteiger partial charge in [-0.3, -0.25) is 4.90 Å². The number of hydrogen-bond acceptors (Lipinski definition) is 6. The minimum atomic E-state index is 0.236. The molecule has 6 heteroatoms. The maximum Gasteiger partial charge on any atom is 0.225 e. The second-order valence-electron chi connectivity index (χ2n) is 5.63. The lowest BCUT2D eigenvalue weighted by atomic mass is 10.1. The summed E-state index contributed by atoms with van der Waals surface area (Å²) in [5, 5.41) is 4.15. The molecule has 0 N–H and O–H groups in total. The third kappa shape index (κ3) is 3.69. The molecule has 3 heterocycles. The highest BCUT2D eigenvalue weighted by Crippen LogP contribution is 2.16. The first-order valence-corrected chi connectivity index (χ1v) is 7.81. The molecule has 114 valence electrons. The molecule has 0 aliphatic carbocycles. The number of anilines is 1. The Hall–Kier alpha value is -1.69. The quantitative estimate of drug-likeness (QED) is 0.841. The number of nitrogens with zero attached hydrogens (tertiary/aromatic N) is 5. The largest absolute Gasteiger partial charge is 0.391 e. The molecular formula is C15H23N5O. The fourth-order valence-electron chi connectivity index (χ4n) is 2.89. The van der Waals surface area contributed by atoms with Gasteiger partial charge in [-0.15, -0.1) is 0 Å². The summed E-state index contributed by atoms with van der Waals surface area (Å²) in [5.74, 6) is 0.841. The van der Waals surface area contributed by atoms with Gasteiger partial charge in [0, 0.05) is 51.5 Å². The zero-order chi connectivity index (χ0) is 14.5. The topological polar surface area (TPSA) is 53.9 Å². The van der Waals surface area contributed by atoms with Crippen molar-refractivity contribution >= 4 is 11.7 Å². The highest BCUT2D eigenvalue weighted by Gasteiger charge is 2.24. The normalized spacial score (nSPS) is 23.6. The molecule has 1 aromatic rings. The van der Waals surface area contributed by atoms with Gasteiger partial charge in [0.15, 0.2) is 0 Å². The molecule has 0 radical (unpaired) electrons. The maximum absolute atomic E-state index is 5.52. The number of aromatic nitrogens is 2. The molecule has 0 bridgehead atoms. The van der Waals surface area contributed by atoms with E-state index < -0.39 is 0 Å². The van der Waals surface area contributed by atoms with E-state index in [1.807, 2.05) is 6.07 Å². The fourth-order valence-corrected chi connectivity index (χ4v) is 2.89. The van der Waals surface area contributed by atoms with Crippen molar-refractivity contribution in [2.45, 2.75) is 32.3 Å². The molecule has 2 aliphatic heterocycles. The van der Waals surface area contributed by atoms with E-state index in [0.717, 1.165) is 57.9 Å². The summed E-state index contributed by atoms with van der Waals surface area (Å²) in [6, 6.07) is 1.86. The molecule has 0 unspecified atom stereocenters. The van der Waals surface area contributed by atoms with Crippen LogP contribution in [0.1, 0.15) is 26.2 Å². The average Bonchev–Trinajstić information content (AvgIpc) is 2.85. The van der Waals surface area contributed by atoms with Crippen LogP contribution >= 0.6 is 0 Å². The fraction of sp³-hybridized carbons (Fsp3) is 0.667. The number of hydrogen-bond donors (Lipinski definition) is 0. The molecule has 1 fully saturated rings. The van der Waals surface area contributed by atoms with Gasteiger partial charge in [-0.2, -0.15) is 0 Å². The Morgan fingerprint density at radius 1 is 1.19 bits per heavy atom. The van der Waals surface area contributed by atoms with E-state index in [9.17, 15) is 0 Å². The Bertz CT molecular complexity index is 478. The van der Waals surface area contributed by atoms with Gasteiger partial charge in [0.2, 0.25) is 5.95 Å². The second kappa shape index (κ2) is 6.85. The van der Waals surface area contributed by atoms with Crippen molar-refractivity contribution in [3.8, 4) is 0 Å². The Balaban J connectivity index is 1.50. The van der Waals surface area contributed by atoms with Crippen molar-refractivity contribution in [3.05, 3.63) is 18.5 Å². The minimum absolute atomic E-state index is 0.236. The Kier molecular flexibility index (Phi) is 4.65. The highest BCUT2D eigenvalue weighted by molar-refractivity contribution is 5.85. The van der Waals surface area contributed by atoms with Crippen LogP contribution in [0.15, 0.2) is 23.6 Å². The summed E-state index contributed by atoms with van der Waals surface area (Å²) in [6.07, 6.45) is 6.96. The van der Waals surface area contributed by atoms with Crippen LogP contribution in [-0.2, 0) is 4.84 Å². The van der Waals surface area contributed by atoms with Crippen molar-refractivity contribution in [3.63, 3.8) is 0 Å². The van der Waals surface area contributed by atoms with Crippen molar-refractivity contribution in [2.24, 2.45) is 5.16 Å². The molecule has 2 aliphatic rings. The smallest absolute Gasteiger partial charge is 0.225 e. The summed E-state index contributed by atoms with van der Waals surface area (Å²) < 4.78 is 0. The minimum Gasteiger partial charge on any atom is -0.391 e. The maximum atomic E-state index is 5.52. The van der Waals surface area contributed by atoms with Crippen LogP contribution in [0.3, 0.4) is 0 Å². The van der Waals surface area contributed by atoms with Crippen LogP contribution in [-0.4, -0.2) is 59.4 Å². The molecule has 1 saturated heterocycles. The predicted octanol–water partition coefficient (Wildman–Crippen LogP) is 1.54. The molecule has 0 spiro atoms. The van der Waals surface area contributed by atoms with E-state index in [1.54, 1.807) is 12.4 Å².